The summed E-state index contributed by atoms with van der Waals surface area (Å²) in [7, 11) is 0. The van der Waals surface area contributed by atoms with Crippen LogP contribution in [0.3, 0.4) is 0 Å². The molecule has 2 fully saturated rings. The number of aromatic nitrogens is 2. The molecule has 3 rings (SSSR count). The lowest BCUT2D eigenvalue weighted by Gasteiger charge is -2.39. The molecule has 142 valence electrons. The van der Waals surface area contributed by atoms with Crippen molar-refractivity contribution in [3.63, 3.8) is 0 Å². The van der Waals surface area contributed by atoms with Gasteiger partial charge in [-0.05, 0) is 6.92 Å². The summed E-state index contributed by atoms with van der Waals surface area (Å²) in [6.45, 7) is 9.71. The Morgan fingerprint density at radius 1 is 1.27 bits per heavy atom. The Kier molecular flexibility index (Phi) is 5.83. The van der Waals surface area contributed by atoms with Crippen LogP contribution in [0, 0.1) is 6.92 Å². The number of morpholine rings is 1. The Labute approximate surface area is 153 Å². The van der Waals surface area contributed by atoms with E-state index in [1.54, 1.807) is 16.0 Å². The molecular formula is C18H27N5O3. The lowest BCUT2D eigenvalue weighted by atomic mass is 10.1. The van der Waals surface area contributed by atoms with Gasteiger partial charge in [0.1, 0.15) is 11.9 Å². The summed E-state index contributed by atoms with van der Waals surface area (Å²) in [6.07, 6.45) is 1.60. The summed E-state index contributed by atoms with van der Waals surface area (Å²) in [4.78, 5) is 38.3. The van der Waals surface area contributed by atoms with Crippen LogP contribution in [0.2, 0.25) is 0 Å². The molecule has 2 saturated heterocycles. The zero-order valence-corrected chi connectivity index (χ0v) is 15.7. The molecule has 2 aliphatic rings. The maximum absolute atomic E-state index is 13.1. The zero-order valence-electron chi connectivity index (χ0n) is 15.7. The number of ether oxygens (including phenoxy) is 1. The number of aryl methyl sites for hydroxylation is 1. The molecule has 1 aromatic rings. The average Bonchev–Trinajstić information content (AvgIpc) is 2.67. The van der Waals surface area contributed by atoms with Crippen molar-refractivity contribution in [1.82, 2.24) is 25.1 Å². The number of carbonyl (C=O) groups is 2. The summed E-state index contributed by atoms with van der Waals surface area (Å²) in [5, 5.41) is 3.23. The first-order valence-electron chi connectivity index (χ1n) is 9.20. The maximum Gasteiger partial charge on any atom is 0.258 e. The second-order valence-corrected chi connectivity index (χ2v) is 7.04. The fourth-order valence-corrected chi connectivity index (χ4v) is 3.29. The van der Waals surface area contributed by atoms with Crippen molar-refractivity contribution < 1.29 is 14.3 Å². The third-order valence-corrected chi connectivity index (χ3v) is 4.86. The van der Waals surface area contributed by atoms with Gasteiger partial charge >= 0.3 is 0 Å². The summed E-state index contributed by atoms with van der Waals surface area (Å²) in [5.41, 5.74) is 1.13. The fourth-order valence-electron chi connectivity index (χ4n) is 3.29. The Balaban J connectivity index is 1.80. The van der Waals surface area contributed by atoms with E-state index in [2.05, 4.69) is 15.3 Å². The van der Waals surface area contributed by atoms with Gasteiger partial charge in [-0.3, -0.25) is 9.59 Å². The molecule has 8 nitrogen and oxygen atoms in total. The van der Waals surface area contributed by atoms with Crippen LogP contribution in [0.1, 0.15) is 41.6 Å². The highest BCUT2D eigenvalue weighted by Gasteiger charge is 2.36. The van der Waals surface area contributed by atoms with Crippen LogP contribution < -0.4 is 5.32 Å². The number of rotatable bonds is 3. The second-order valence-electron chi connectivity index (χ2n) is 7.04. The van der Waals surface area contributed by atoms with E-state index in [-0.39, 0.29) is 17.7 Å². The van der Waals surface area contributed by atoms with Gasteiger partial charge in [-0.25, -0.2) is 9.97 Å². The first-order chi connectivity index (χ1) is 12.5. The van der Waals surface area contributed by atoms with Crippen molar-refractivity contribution in [3.8, 4) is 0 Å². The van der Waals surface area contributed by atoms with E-state index in [0.29, 0.717) is 57.2 Å². The number of piperazine rings is 1. The zero-order chi connectivity index (χ0) is 18.7. The van der Waals surface area contributed by atoms with Crippen molar-refractivity contribution in [2.75, 3.05) is 45.9 Å². The lowest BCUT2D eigenvalue weighted by molar-refractivity contribution is -0.140. The van der Waals surface area contributed by atoms with Gasteiger partial charge in [-0.1, -0.05) is 13.8 Å². The number of nitrogens with one attached hydrogen (secondary N) is 1. The van der Waals surface area contributed by atoms with E-state index in [1.807, 2.05) is 20.8 Å². The molecule has 2 aliphatic heterocycles. The monoisotopic (exact) mass is 361 g/mol. The quantitative estimate of drug-likeness (QED) is 0.826. The third kappa shape index (κ3) is 3.86. The molecule has 1 atom stereocenters. The number of amides is 2. The molecule has 0 saturated carbocycles. The molecule has 3 heterocycles. The van der Waals surface area contributed by atoms with E-state index in [9.17, 15) is 9.59 Å². The Morgan fingerprint density at radius 3 is 2.65 bits per heavy atom. The lowest BCUT2D eigenvalue weighted by Crippen LogP contribution is -2.61. The van der Waals surface area contributed by atoms with Crippen LogP contribution in [-0.4, -0.2) is 83.6 Å². The van der Waals surface area contributed by atoms with Crippen molar-refractivity contribution in [3.05, 3.63) is 23.3 Å². The van der Waals surface area contributed by atoms with Crippen LogP contribution in [0.4, 0.5) is 0 Å². The number of hydrogen-bond donors (Lipinski definition) is 1. The van der Waals surface area contributed by atoms with E-state index in [4.69, 9.17) is 4.74 Å². The highest BCUT2D eigenvalue weighted by atomic mass is 16.5. The molecule has 0 radical (unpaired) electrons. The molecule has 1 unspecified atom stereocenters. The first-order valence-corrected chi connectivity index (χ1v) is 9.20. The standard InChI is InChI=1S/C18H27N5O3/c1-12(2)16-20-10-14(13(3)21-16)17(24)23-5-4-19-11-15(23)18(25)22-6-8-26-9-7-22/h10,12,15,19H,4-9,11H2,1-3H3. The number of hydrogen-bond acceptors (Lipinski definition) is 6. The van der Waals surface area contributed by atoms with E-state index >= 15 is 0 Å². The van der Waals surface area contributed by atoms with Crippen molar-refractivity contribution in [1.29, 1.82) is 0 Å². The third-order valence-electron chi connectivity index (χ3n) is 4.86. The van der Waals surface area contributed by atoms with Gasteiger partial charge in [0, 0.05) is 44.8 Å². The second kappa shape index (κ2) is 8.09. The predicted molar refractivity (Wildman–Crippen MR) is 96.0 cm³/mol. The predicted octanol–water partition coefficient (Wildman–Crippen LogP) is 0.181. The smallest absolute Gasteiger partial charge is 0.258 e. The summed E-state index contributed by atoms with van der Waals surface area (Å²) in [5.74, 6) is 0.727. The number of nitrogens with zero attached hydrogens (tertiary/aromatic N) is 4. The SMILES string of the molecule is Cc1nc(C(C)C)ncc1C(=O)N1CCNCC1C(=O)N1CCOCC1. The van der Waals surface area contributed by atoms with Gasteiger partial charge in [0.15, 0.2) is 0 Å². The van der Waals surface area contributed by atoms with Crippen LogP contribution in [0.15, 0.2) is 6.20 Å². The molecule has 2 amide bonds. The molecule has 0 spiro atoms. The normalized spacial score (nSPS) is 21.2. The van der Waals surface area contributed by atoms with Gasteiger partial charge in [0.25, 0.3) is 5.91 Å². The topological polar surface area (TPSA) is 87.7 Å². The fraction of sp³-hybridized carbons (Fsp3) is 0.667. The molecular weight excluding hydrogens is 334 g/mol. The van der Waals surface area contributed by atoms with Crippen molar-refractivity contribution in [2.45, 2.75) is 32.7 Å². The minimum absolute atomic E-state index is 0.0220. The Morgan fingerprint density at radius 2 is 2.00 bits per heavy atom. The average molecular weight is 361 g/mol. The van der Waals surface area contributed by atoms with Gasteiger partial charge < -0.3 is 19.9 Å². The summed E-state index contributed by atoms with van der Waals surface area (Å²) < 4.78 is 5.32. The van der Waals surface area contributed by atoms with Gasteiger partial charge in [-0.15, -0.1) is 0 Å². The first kappa shape index (κ1) is 18.7. The van der Waals surface area contributed by atoms with Crippen LogP contribution in [-0.2, 0) is 9.53 Å². The minimum atomic E-state index is -0.501. The molecule has 0 aliphatic carbocycles. The molecule has 0 bridgehead atoms. The Bertz CT molecular complexity index is 673. The van der Waals surface area contributed by atoms with E-state index in [1.165, 1.54) is 0 Å². The minimum Gasteiger partial charge on any atom is -0.378 e. The van der Waals surface area contributed by atoms with Gasteiger partial charge in [-0.2, -0.15) is 0 Å². The molecule has 0 aromatic carbocycles. The van der Waals surface area contributed by atoms with Gasteiger partial charge in [0.05, 0.1) is 24.5 Å². The van der Waals surface area contributed by atoms with Crippen LogP contribution >= 0.6 is 0 Å². The molecule has 1 N–H and O–H groups in total. The summed E-state index contributed by atoms with van der Waals surface area (Å²) >= 11 is 0. The van der Waals surface area contributed by atoms with E-state index in [0.717, 1.165) is 5.82 Å². The number of carbonyl (C=O) groups excluding carboxylic acids is 2. The van der Waals surface area contributed by atoms with E-state index < -0.39 is 6.04 Å². The Hall–Kier alpha value is -2.06. The maximum atomic E-state index is 13.1. The van der Waals surface area contributed by atoms with Crippen molar-refractivity contribution >= 4 is 11.8 Å². The van der Waals surface area contributed by atoms with Gasteiger partial charge in [0.2, 0.25) is 5.91 Å². The molecule has 1 aromatic heterocycles. The highest BCUT2D eigenvalue weighted by molar-refractivity contribution is 5.98. The molecule has 8 heteroatoms. The molecule has 26 heavy (non-hydrogen) atoms. The van der Waals surface area contributed by atoms with Crippen LogP contribution in [0.5, 0.6) is 0 Å². The van der Waals surface area contributed by atoms with Crippen LogP contribution in [0.25, 0.3) is 0 Å². The highest BCUT2D eigenvalue weighted by Crippen LogP contribution is 2.17. The van der Waals surface area contributed by atoms with Crippen molar-refractivity contribution in [2.24, 2.45) is 0 Å². The largest absolute Gasteiger partial charge is 0.378 e. The summed E-state index contributed by atoms with van der Waals surface area (Å²) in [6, 6.07) is -0.501.